The van der Waals surface area contributed by atoms with Gasteiger partial charge in [-0.2, -0.15) is 0 Å². The van der Waals surface area contributed by atoms with Gasteiger partial charge in [-0.1, -0.05) is 12.8 Å². The molecule has 1 aliphatic rings. The van der Waals surface area contributed by atoms with Gasteiger partial charge in [-0.05, 0) is 44.7 Å². The summed E-state index contributed by atoms with van der Waals surface area (Å²) in [4.78, 5) is 0. The van der Waals surface area contributed by atoms with E-state index < -0.39 is 0 Å². The van der Waals surface area contributed by atoms with Crippen LogP contribution in [-0.2, 0) is 0 Å². The second-order valence-corrected chi connectivity index (χ2v) is 5.06. The van der Waals surface area contributed by atoms with Gasteiger partial charge in [-0.15, -0.1) is 0 Å². The number of nitrogens with one attached hydrogen (secondary N) is 1. The lowest BCUT2D eigenvalue weighted by molar-refractivity contribution is 0.331. The average molecular weight is 263 g/mol. The zero-order valence-corrected chi connectivity index (χ0v) is 12.1. The first kappa shape index (κ1) is 14.0. The molecule has 3 nitrogen and oxygen atoms in total. The molecule has 1 saturated carbocycles. The fraction of sp³-hybridized carbons (Fsp3) is 0.625. The summed E-state index contributed by atoms with van der Waals surface area (Å²) in [6, 6.07) is 6.00. The Morgan fingerprint density at radius 2 is 1.84 bits per heavy atom. The fourth-order valence-corrected chi connectivity index (χ4v) is 2.65. The van der Waals surface area contributed by atoms with Crippen molar-refractivity contribution in [1.29, 1.82) is 0 Å². The van der Waals surface area contributed by atoms with Gasteiger partial charge in [0.2, 0.25) is 0 Å². The molecule has 0 aromatic heterocycles. The minimum absolute atomic E-state index is 0.687. The first-order valence-electron chi connectivity index (χ1n) is 7.47. The van der Waals surface area contributed by atoms with E-state index in [9.17, 15) is 0 Å². The third-order valence-electron chi connectivity index (χ3n) is 3.62. The maximum absolute atomic E-state index is 5.67. The van der Waals surface area contributed by atoms with Crippen LogP contribution < -0.4 is 14.8 Å². The van der Waals surface area contributed by atoms with Crippen LogP contribution in [0.3, 0.4) is 0 Å². The third kappa shape index (κ3) is 4.05. The first-order valence-corrected chi connectivity index (χ1v) is 7.47. The normalized spacial score (nSPS) is 15.5. The minimum Gasteiger partial charge on any atom is -0.494 e. The maximum Gasteiger partial charge on any atom is 0.142 e. The number of benzene rings is 1. The van der Waals surface area contributed by atoms with E-state index in [2.05, 4.69) is 5.32 Å². The Balaban J connectivity index is 2.02. The Kier molecular flexibility index (Phi) is 5.37. The molecule has 0 spiro atoms. The van der Waals surface area contributed by atoms with E-state index >= 15 is 0 Å². The van der Waals surface area contributed by atoms with E-state index in [0.717, 1.165) is 29.6 Å². The molecular weight excluding hydrogens is 238 g/mol. The van der Waals surface area contributed by atoms with Crippen LogP contribution in [0.4, 0.5) is 5.69 Å². The maximum atomic E-state index is 5.67. The van der Waals surface area contributed by atoms with Gasteiger partial charge in [0.1, 0.15) is 11.5 Å². The molecule has 1 aromatic carbocycles. The lowest BCUT2D eigenvalue weighted by atomic mass is 10.1. The van der Waals surface area contributed by atoms with Crippen LogP contribution in [0.25, 0.3) is 0 Å². The molecule has 1 fully saturated rings. The smallest absolute Gasteiger partial charge is 0.142 e. The van der Waals surface area contributed by atoms with E-state index in [1.165, 1.54) is 25.7 Å². The Morgan fingerprint density at radius 3 is 2.53 bits per heavy atom. The van der Waals surface area contributed by atoms with Crippen LogP contribution in [0.5, 0.6) is 11.5 Å². The minimum atomic E-state index is 0.687. The Morgan fingerprint density at radius 1 is 1.11 bits per heavy atom. The number of ether oxygens (including phenoxy) is 2. The molecule has 0 aliphatic heterocycles. The van der Waals surface area contributed by atoms with E-state index in [-0.39, 0.29) is 0 Å². The molecule has 19 heavy (non-hydrogen) atoms. The number of anilines is 1. The molecule has 0 bridgehead atoms. The zero-order chi connectivity index (χ0) is 13.5. The Bertz CT molecular complexity index is 386. The standard InChI is InChI=1S/C16H25NO2/c1-3-18-14-9-10-16(19-4-2)15(11-14)17-12-13-7-5-6-8-13/h9-11,13,17H,3-8,12H2,1-2H3. The molecule has 2 rings (SSSR count). The van der Waals surface area contributed by atoms with Gasteiger partial charge in [0.25, 0.3) is 0 Å². The van der Waals surface area contributed by atoms with Crippen LogP contribution in [0.15, 0.2) is 18.2 Å². The van der Waals surface area contributed by atoms with Gasteiger partial charge in [0.05, 0.1) is 18.9 Å². The fourth-order valence-electron chi connectivity index (χ4n) is 2.65. The molecule has 0 radical (unpaired) electrons. The zero-order valence-electron chi connectivity index (χ0n) is 12.1. The van der Waals surface area contributed by atoms with Crippen molar-refractivity contribution in [3.63, 3.8) is 0 Å². The van der Waals surface area contributed by atoms with Gasteiger partial charge in [0.15, 0.2) is 0 Å². The van der Waals surface area contributed by atoms with Crippen molar-refractivity contribution in [2.45, 2.75) is 39.5 Å². The van der Waals surface area contributed by atoms with Gasteiger partial charge < -0.3 is 14.8 Å². The molecule has 0 heterocycles. The van der Waals surface area contributed by atoms with Crippen LogP contribution in [0, 0.1) is 5.92 Å². The van der Waals surface area contributed by atoms with E-state index in [1.807, 2.05) is 32.0 Å². The topological polar surface area (TPSA) is 30.5 Å². The summed E-state index contributed by atoms with van der Waals surface area (Å²) in [6.45, 7) is 6.43. The molecule has 1 aromatic rings. The quantitative estimate of drug-likeness (QED) is 0.804. The number of hydrogen-bond donors (Lipinski definition) is 1. The highest BCUT2D eigenvalue weighted by atomic mass is 16.5. The van der Waals surface area contributed by atoms with Crippen molar-refractivity contribution in [2.24, 2.45) is 5.92 Å². The summed E-state index contributed by atoms with van der Waals surface area (Å²) in [6.07, 6.45) is 5.46. The Labute approximate surface area is 116 Å². The molecule has 0 amide bonds. The summed E-state index contributed by atoms with van der Waals surface area (Å²) < 4.78 is 11.2. The summed E-state index contributed by atoms with van der Waals surface area (Å²) in [5.74, 6) is 2.63. The molecule has 1 N–H and O–H groups in total. The summed E-state index contributed by atoms with van der Waals surface area (Å²) in [5.41, 5.74) is 1.06. The number of hydrogen-bond acceptors (Lipinski definition) is 3. The van der Waals surface area contributed by atoms with Crippen molar-refractivity contribution in [2.75, 3.05) is 25.1 Å². The van der Waals surface area contributed by atoms with Crippen molar-refractivity contribution >= 4 is 5.69 Å². The van der Waals surface area contributed by atoms with Gasteiger partial charge in [-0.25, -0.2) is 0 Å². The highest BCUT2D eigenvalue weighted by Crippen LogP contribution is 2.31. The summed E-state index contributed by atoms with van der Waals surface area (Å²) in [5, 5.41) is 3.53. The van der Waals surface area contributed by atoms with Crippen LogP contribution >= 0.6 is 0 Å². The third-order valence-corrected chi connectivity index (χ3v) is 3.62. The molecule has 1 aliphatic carbocycles. The molecule has 0 atom stereocenters. The largest absolute Gasteiger partial charge is 0.494 e. The number of rotatable bonds is 7. The molecule has 0 unspecified atom stereocenters. The van der Waals surface area contributed by atoms with Gasteiger partial charge in [-0.3, -0.25) is 0 Å². The predicted octanol–water partition coefficient (Wildman–Crippen LogP) is 4.09. The highest BCUT2D eigenvalue weighted by Gasteiger charge is 2.15. The summed E-state index contributed by atoms with van der Waals surface area (Å²) in [7, 11) is 0. The van der Waals surface area contributed by atoms with Gasteiger partial charge >= 0.3 is 0 Å². The van der Waals surface area contributed by atoms with E-state index in [0.29, 0.717) is 13.2 Å². The van der Waals surface area contributed by atoms with Crippen molar-refractivity contribution in [3.05, 3.63) is 18.2 Å². The van der Waals surface area contributed by atoms with E-state index in [1.54, 1.807) is 0 Å². The molecular formula is C16H25NO2. The van der Waals surface area contributed by atoms with Crippen molar-refractivity contribution in [1.82, 2.24) is 0 Å². The molecule has 106 valence electrons. The second kappa shape index (κ2) is 7.27. The van der Waals surface area contributed by atoms with Gasteiger partial charge in [0, 0.05) is 12.6 Å². The van der Waals surface area contributed by atoms with Crippen molar-refractivity contribution in [3.8, 4) is 11.5 Å². The highest BCUT2D eigenvalue weighted by molar-refractivity contribution is 5.59. The van der Waals surface area contributed by atoms with E-state index in [4.69, 9.17) is 9.47 Å². The second-order valence-electron chi connectivity index (χ2n) is 5.06. The van der Waals surface area contributed by atoms with Crippen LogP contribution in [0.1, 0.15) is 39.5 Å². The first-order chi connectivity index (χ1) is 9.33. The Hall–Kier alpha value is -1.38. The lowest BCUT2D eigenvalue weighted by Gasteiger charge is -2.16. The predicted molar refractivity (Wildman–Crippen MR) is 79.2 cm³/mol. The van der Waals surface area contributed by atoms with Crippen LogP contribution in [-0.4, -0.2) is 19.8 Å². The van der Waals surface area contributed by atoms with Crippen LogP contribution in [0.2, 0.25) is 0 Å². The molecule has 3 heteroatoms. The summed E-state index contributed by atoms with van der Waals surface area (Å²) >= 11 is 0. The average Bonchev–Trinajstić information content (AvgIpc) is 2.92. The van der Waals surface area contributed by atoms with Crippen molar-refractivity contribution < 1.29 is 9.47 Å². The lowest BCUT2D eigenvalue weighted by Crippen LogP contribution is -2.12. The SMILES string of the molecule is CCOc1ccc(OCC)c(NCC2CCCC2)c1. The monoisotopic (exact) mass is 263 g/mol. The molecule has 0 saturated heterocycles.